The molecule has 4 nitrogen and oxygen atoms in total. The van der Waals surface area contributed by atoms with Gasteiger partial charge in [0.2, 0.25) is 5.95 Å². The lowest BCUT2D eigenvalue weighted by atomic mass is 9.99. The minimum absolute atomic E-state index is 0.647. The average Bonchev–Trinajstić information content (AvgIpc) is 3.81. The van der Waals surface area contributed by atoms with E-state index in [2.05, 4.69) is 215 Å². The minimum atomic E-state index is 0.647. The Bertz CT molecular complexity index is 3540. The molecule has 0 N–H and O–H groups in total. The van der Waals surface area contributed by atoms with Crippen LogP contribution in [0.2, 0.25) is 0 Å². The van der Waals surface area contributed by atoms with E-state index in [0.717, 1.165) is 66.2 Å². The molecule has 12 aromatic rings. The highest BCUT2D eigenvalue weighted by molar-refractivity contribution is 6.13. The van der Waals surface area contributed by atoms with Crippen LogP contribution in [-0.2, 0) is 0 Å². The zero-order valence-electron chi connectivity index (χ0n) is 31.4. The van der Waals surface area contributed by atoms with Crippen LogP contribution in [0.25, 0.3) is 110 Å². The fourth-order valence-corrected chi connectivity index (χ4v) is 8.99. The molecule has 0 spiro atoms. The second kappa shape index (κ2) is 12.9. The monoisotopic (exact) mass is 738 g/mol. The molecule has 0 aliphatic heterocycles. The van der Waals surface area contributed by atoms with Crippen LogP contribution in [0.15, 0.2) is 206 Å². The molecule has 3 aromatic heterocycles. The molecule has 0 aliphatic carbocycles. The van der Waals surface area contributed by atoms with Crippen molar-refractivity contribution in [3.63, 3.8) is 0 Å². The molecule has 0 radical (unpaired) electrons. The highest BCUT2D eigenvalue weighted by Crippen LogP contribution is 2.39. The number of para-hydroxylation sites is 3. The summed E-state index contributed by atoms with van der Waals surface area (Å²) >= 11 is 0. The maximum absolute atomic E-state index is 5.48. The summed E-state index contributed by atoms with van der Waals surface area (Å²) in [5.41, 5.74) is 13.2. The van der Waals surface area contributed by atoms with Crippen molar-refractivity contribution in [2.24, 2.45) is 0 Å². The maximum Gasteiger partial charge on any atom is 0.235 e. The fraction of sp³-hybridized carbons (Fsp3) is 0. The van der Waals surface area contributed by atoms with Gasteiger partial charge in [-0.2, -0.15) is 0 Å². The predicted octanol–water partition coefficient (Wildman–Crippen LogP) is 14.0. The van der Waals surface area contributed by atoms with Gasteiger partial charge in [0, 0.05) is 43.6 Å². The molecular weight excluding hydrogens is 705 g/mol. The number of nitrogens with zero attached hydrogens (tertiary/aromatic N) is 4. The topological polar surface area (TPSA) is 35.6 Å². The van der Waals surface area contributed by atoms with Crippen LogP contribution < -0.4 is 0 Å². The summed E-state index contributed by atoms with van der Waals surface area (Å²) in [4.78, 5) is 10.9. The van der Waals surface area contributed by atoms with Crippen molar-refractivity contribution >= 4 is 65.3 Å². The van der Waals surface area contributed by atoms with Crippen LogP contribution in [-0.4, -0.2) is 19.1 Å². The number of rotatable bonds is 5. The van der Waals surface area contributed by atoms with Crippen molar-refractivity contribution in [1.82, 2.24) is 19.1 Å². The molecule has 0 aliphatic rings. The first-order chi connectivity index (χ1) is 28.8. The number of aromatic nitrogens is 4. The first-order valence-electron chi connectivity index (χ1n) is 19.7. The highest BCUT2D eigenvalue weighted by Gasteiger charge is 2.20. The number of hydrogen-bond donors (Lipinski definition) is 0. The van der Waals surface area contributed by atoms with Crippen LogP contribution in [0, 0.1) is 0 Å². The average molecular weight is 739 g/mol. The third-order valence-electron chi connectivity index (χ3n) is 11.7. The van der Waals surface area contributed by atoms with Crippen LogP contribution >= 0.6 is 0 Å². The molecule has 0 unspecified atom stereocenters. The SMILES string of the molecule is c1ccc(-c2ccc(-c3nc(-n4c5ccccc5c5ccc(-c6ccc7c8ccccc8n(-c8ccccc8)c7c6)cc54)nc4c3ccc3ccccc34)cc2)cc1. The van der Waals surface area contributed by atoms with Gasteiger partial charge in [-0.3, -0.25) is 4.57 Å². The van der Waals surface area contributed by atoms with E-state index in [0.29, 0.717) is 5.95 Å². The number of benzene rings is 9. The third kappa shape index (κ3) is 5.02. The summed E-state index contributed by atoms with van der Waals surface area (Å²) < 4.78 is 4.64. The summed E-state index contributed by atoms with van der Waals surface area (Å²) in [6.07, 6.45) is 0. The quantitative estimate of drug-likeness (QED) is 0.165. The van der Waals surface area contributed by atoms with E-state index in [1.807, 2.05) is 0 Å². The van der Waals surface area contributed by atoms with Gasteiger partial charge in [-0.15, -0.1) is 0 Å². The van der Waals surface area contributed by atoms with Crippen LogP contribution in [0.4, 0.5) is 0 Å². The molecule has 3 heterocycles. The molecule has 0 amide bonds. The number of hydrogen-bond acceptors (Lipinski definition) is 2. The van der Waals surface area contributed by atoms with Gasteiger partial charge in [0.15, 0.2) is 0 Å². The van der Waals surface area contributed by atoms with Crippen molar-refractivity contribution in [2.45, 2.75) is 0 Å². The molecule has 0 atom stereocenters. The Morgan fingerprint density at radius 3 is 1.47 bits per heavy atom. The Labute approximate surface area is 334 Å². The Kier molecular flexibility index (Phi) is 7.20. The van der Waals surface area contributed by atoms with E-state index in [-0.39, 0.29) is 0 Å². The van der Waals surface area contributed by atoms with E-state index in [4.69, 9.17) is 9.97 Å². The molecular formula is C54H34N4. The van der Waals surface area contributed by atoms with E-state index >= 15 is 0 Å². The second-order valence-corrected chi connectivity index (χ2v) is 15.0. The summed E-state index contributed by atoms with van der Waals surface area (Å²) in [5.74, 6) is 0.647. The summed E-state index contributed by atoms with van der Waals surface area (Å²) in [6, 6.07) is 73.8. The van der Waals surface area contributed by atoms with Crippen molar-refractivity contribution in [2.75, 3.05) is 0 Å². The predicted molar refractivity (Wildman–Crippen MR) is 242 cm³/mol. The fourth-order valence-electron chi connectivity index (χ4n) is 8.99. The molecule has 12 rings (SSSR count). The Morgan fingerprint density at radius 1 is 0.293 bits per heavy atom. The second-order valence-electron chi connectivity index (χ2n) is 15.0. The van der Waals surface area contributed by atoms with Gasteiger partial charge in [0.05, 0.1) is 33.3 Å². The number of fused-ring (bicyclic) bond motifs is 9. The summed E-state index contributed by atoms with van der Waals surface area (Å²) in [5, 5.41) is 8.09. The zero-order chi connectivity index (χ0) is 38.2. The normalized spacial score (nSPS) is 11.8. The van der Waals surface area contributed by atoms with Gasteiger partial charge >= 0.3 is 0 Å². The van der Waals surface area contributed by atoms with Crippen LogP contribution in [0.1, 0.15) is 0 Å². The van der Waals surface area contributed by atoms with E-state index in [1.165, 1.54) is 38.3 Å². The van der Waals surface area contributed by atoms with Crippen molar-refractivity contribution < 1.29 is 0 Å². The summed E-state index contributed by atoms with van der Waals surface area (Å²) in [6.45, 7) is 0. The molecule has 4 heteroatoms. The van der Waals surface area contributed by atoms with Crippen molar-refractivity contribution in [3.05, 3.63) is 206 Å². The first kappa shape index (κ1) is 32.4. The van der Waals surface area contributed by atoms with Crippen molar-refractivity contribution in [3.8, 4) is 45.1 Å². The van der Waals surface area contributed by atoms with Crippen LogP contribution in [0.3, 0.4) is 0 Å². The Balaban J connectivity index is 1.10. The molecule has 0 saturated heterocycles. The smallest absolute Gasteiger partial charge is 0.235 e. The highest BCUT2D eigenvalue weighted by atomic mass is 15.2. The van der Waals surface area contributed by atoms with Gasteiger partial charge in [-0.05, 0) is 70.1 Å². The molecule has 0 saturated carbocycles. The summed E-state index contributed by atoms with van der Waals surface area (Å²) in [7, 11) is 0. The molecule has 9 aromatic carbocycles. The van der Waals surface area contributed by atoms with Gasteiger partial charge in [-0.1, -0.05) is 164 Å². The minimum Gasteiger partial charge on any atom is -0.309 e. The lowest BCUT2D eigenvalue weighted by Crippen LogP contribution is -2.04. The largest absolute Gasteiger partial charge is 0.309 e. The molecule has 58 heavy (non-hydrogen) atoms. The lowest BCUT2D eigenvalue weighted by Gasteiger charge is -2.14. The van der Waals surface area contributed by atoms with E-state index < -0.39 is 0 Å². The van der Waals surface area contributed by atoms with E-state index in [9.17, 15) is 0 Å². The molecule has 0 bridgehead atoms. The standard InChI is InChI=1S/C54H34N4/c1-3-13-35(14-4-1)36-23-25-38(26-24-36)52-47-32-27-37-15-7-8-18-42(37)53(47)56-54(55-52)58-49-22-12-10-20-44(49)46-31-29-40(34-51(46)58)39-28-30-45-43-19-9-11-21-48(43)57(50(45)33-39)41-16-5-2-6-17-41/h1-34H. The third-order valence-corrected chi connectivity index (χ3v) is 11.7. The van der Waals surface area contributed by atoms with Gasteiger partial charge in [0.25, 0.3) is 0 Å². The van der Waals surface area contributed by atoms with Gasteiger partial charge in [0.1, 0.15) is 0 Å². The van der Waals surface area contributed by atoms with Crippen LogP contribution in [0.5, 0.6) is 0 Å². The first-order valence-corrected chi connectivity index (χ1v) is 19.7. The van der Waals surface area contributed by atoms with Crippen molar-refractivity contribution in [1.29, 1.82) is 0 Å². The Morgan fingerprint density at radius 2 is 0.776 bits per heavy atom. The molecule has 0 fully saturated rings. The lowest BCUT2D eigenvalue weighted by molar-refractivity contribution is 1.02. The molecule has 270 valence electrons. The Hall–Kier alpha value is -7.82. The zero-order valence-corrected chi connectivity index (χ0v) is 31.4. The van der Waals surface area contributed by atoms with Gasteiger partial charge in [-0.25, -0.2) is 9.97 Å². The van der Waals surface area contributed by atoms with E-state index in [1.54, 1.807) is 0 Å². The van der Waals surface area contributed by atoms with Gasteiger partial charge < -0.3 is 4.57 Å². The maximum atomic E-state index is 5.48.